The van der Waals surface area contributed by atoms with Crippen LogP contribution in [0.4, 0.5) is 0 Å². The molecule has 1 aliphatic rings. The molecule has 0 aromatic heterocycles. The van der Waals surface area contributed by atoms with Crippen molar-refractivity contribution in [2.45, 2.75) is 18.8 Å². The summed E-state index contributed by atoms with van der Waals surface area (Å²) < 4.78 is 6.24. The molecule has 1 heterocycles. The number of morpholine rings is 1. The lowest BCUT2D eigenvalue weighted by Gasteiger charge is -2.26. The Morgan fingerprint density at radius 1 is 1.18 bits per heavy atom. The van der Waals surface area contributed by atoms with Gasteiger partial charge in [0.05, 0.1) is 13.2 Å². The molecule has 0 aliphatic carbocycles. The van der Waals surface area contributed by atoms with E-state index in [0.717, 1.165) is 54.9 Å². The van der Waals surface area contributed by atoms with Gasteiger partial charge in [-0.1, -0.05) is 46.3 Å². The number of nitrogens with zero attached hydrogens (tertiary/aromatic N) is 1. The molecular formula is C22H27BrN2O3. The summed E-state index contributed by atoms with van der Waals surface area (Å²) in [7, 11) is 0. The third-order valence-corrected chi connectivity index (χ3v) is 5.53. The summed E-state index contributed by atoms with van der Waals surface area (Å²) in [5.74, 6) is 0.00493. The Labute approximate surface area is 174 Å². The van der Waals surface area contributed by atoms with Gasteiger partial charge in [0.2, 0.25) is 5.91 Å². The van der Waals surface area contributed by atoms with Crippen LogP contribution >= 0.6 is 15.9 Å². The second kappa shape index (κ2) is 10.6. The summed E-state index contributed by atoms with van der Waals surface area (Å²) in [6.45, 7) is 5.14. The van der Waals surface area contributed by atoms with E-state index in [1.807, 2.05) is 36.4 Å². The van der Waals surface area contributed by atoms with Gasteiger partial charge in [-0.15, -0.1) is 0 Å². The maximum Gasteiger partial charge on any atom is 0.220 e. The number of nitrogens with one attached hydrogen (secondary N) is 1. The van der Waals surface area contributed by atoms with Crippen molar-refractivity contribution in [2.75, 3.05) is 39.4 Å². The molecule has 2 N–H and O–H groups in total. The van der Waals surface area contributed by atoms with Crippen LogP contribution in [0.3, 0.4) is 0 Å². The Hall–Kier alpha value is -1.89. The van der Waals surface area contributed by atoms with Crippen molar-refractivity contribution in [3.8, 4) is 5.75 Å². The average Bonchev–Trinajstić information content (AvgIpc) is 2.73. The Bertz CT molecular complexity index is 764. The molecule has 1 aliphatic heterocycles. The number of carbonyl (C=O) groups is 1. The summed E-state index contributed by atoms with van der Waals surface area (Å²) >= 11 is 3.47. The van der Waals surface area contributed by atoms with Crippen molar-refractivity contribution in [2.24, 2.45) is 0 Å². The van der Waals surface area contributed by atoms with Crippen LogP contribution in [-0.2, 0) is 9.53 Å². The largest absolute Gasteiger partial charge is 0.508 e. The van der Waals surface area contributed by atoms with E-state index in [9.17, 15) is 9.90 Å². The highest BCUT2D eigenvalue weighted by atomic mass is 79.9. The summed E-state index contributed by atoms with van der Waals surface area (Å²) in [5, 5.41) is 13.4. The maximum atomic E-state index is 12.6. The molecule has 6 heteroatoms. The van der Waals surface area contributed by atoms with E-state index in [-0.39, 0.29) is 17.6 Å². The average molecular weight is 447 g/mol. The number of rotatable bonds is 8. The minimum atomic E-state index is -0.196. The fraction of sp³-hybridized carbons (Fsp3) is 0.409. The lowest BCUT2D eigenvalue weighted by atomic mass is 9.87. The number of aromatic hydroxyl groups is 1. The molecule has 5 nitrogen and oxygen atoms in total. The molecule has 1 fully saturated rings. The van der Waals surface area contributed by atoms with Gasteiger partial charge in [0.25, 0.3) is 0 Å². The second-order valence-electron chi connectivity index (χ2n) is 7.03. The predicted molar refractivity (Wildman–Crippen MR) is 114 cm³/mol. The number of carbonyl (C=O) groups excluding carboxylic acids is 1. The van der Waals surface area contributed by atoms with E-state index < -0.39 is 0 Å². The maximum absolute atomic E-state index is 12.6. The molecule has 28 heavy (non-hydrogen) atoms. The lowest BCUT2D eigenvalue weighted by molar-refractivity contribution is -0.121. The first-order chi connectivity index (χ1) is 13.6. The van der Waals surface area contributed by atoms with Crippen LogP contribution in [0.25, 0.3) is 0 Å². The van der Waals surface area contributed by atoms with Crippen LogP contribution < -0.4 is 5.32 Å². The van der Waals surface area contributed by atoms with Gasteiger partial charge in [-0.05, 0) is 36.7 Å². The number of hydrogen-bond donors (Lipinski definition) is 2. The van der Waals surface area contributed by atoms with Crippen LogP contribution in [0, 0.1) is 0 Å². The molecule has 0 radical (unpaired) electrons. The van der Waals surface area contributed by atoms with E-state index in [4.69, 9.17) is 4.74 Å². The van der Waals surface area contributed by atoms with Crippen LogP contribution in [0.5, 0.6) is 5.75 Å². The molecule has 1 amide bonds. The topological polar surface area (TPSA) is 61.8 Å². The molecule has 2 aromatic carbocycles. The number of halogens is 1. The fourth-order valence-corrected chi connectivity index (χ4v) is 3.89. The Balaban J connectivity index is 1.59. The zero-order chi connectivity index (χ0) is 19.8. The van der Waals surface area contributed by atoms with E-state index in [2.05, 4.69) is 26.1 Å². The molecule has 2 aromatic rings. The van der Waals surface area contributed by atoms with Gasteiger partial charge in [0.1, 0.15) is 5.75 Å². The van der Waals surface area contributed by atoms with Crippen LogP contribution in [0.15, 0.2) is 53.0 Å². The molecular weight excluding hydrogens is 420 g/mol. The Morgan fingerprint density at radius 3 is 2.68 bits per heavy atom. The van der Waals surface area contributed by atoms with Gasteiger partial charge in [-0.2, -0.15) is 0 Å². The molecule has 150 valence electrons. The standard InChI is InChI=1S/C22H27BrN2O3/c23-18-7-8-21(26)20(15-18)19(17-5-2-1-3-6-17)16-22(27)24-9-4-10-25-11-13-28-14-12-25/h1-3,5-8,15,19,26H,4,9-14,16H2,(H,24,27)/t19-/m1/s1. The first-order valence-electron chi connectivity index (χ1n) is 9.73. The van der Waals surface area contributed by atoms with E-state index >= 15 is 0 Å². The molecule has 0 bridgehead atoms. The molecule has 0 spiro atoms. The van der Waals surface area contributed by atoms with Gasteiger partial charge in [0, 0.05) is 42.0 Å². The first kappa shape index (κ1) is 20.8. The summed E-state index contributed by atoms with van der Waals surface area (Å²) in [5.41, 5.74) is 1.77. The summed E-state index contributed by atoms with van der Waals surface area (Å²) in [6, 6.07) is 15.2. The van der Waals surface area contributed by atoms with Gasteiger partial charge in [-0.25, -0.2) is 0 Å². The molecule has 0 saturated carbocycles. The third kappa shape index (κ3) is 6.06. The fourth-order valence-electron chi connectivity index (χ4n) is 3.51. The minimum absolute atomic E-state index is 0.00444. The number of benzene rings is 2. The van der Waals surface area contributed by atoms with Crippen LogP contribution in [0.2, 0.25) is 0 Å². The van der Waals surface area contributed by atoms with Crippen LogP contribution in [-0.4, -0.2) is 55.3 Å². The van der Waals surface area contributed by atoms with E-state index in [1.165, 1.54) is 0 Å². The van der Waals surface area contributed by atoms with Crippen molar-refractivity contribution in [1.29, 1.82) is 0 Å². The van der Waals surface area contributed by atoms with Gasteiger partial charge in [0.15, 0.2) is 0 Å². The molecule has 1 atom stereocenters. The van der Waals surface area contributed by atoms with E-state index in [0.29, 0.717) is 13.0 Å². The quantitative estimate of drug-likeness (QED) is 0.608. The van der Waals surface area contributed by atoms with Crippen molar-refractivity contribution in [3.05, 3.63) is 64.1 Å². The van der Waals surface area contributed by atoms with Crippen molar-refractivity contribution >= 4 is 21.8 Å². The third-order valence-electron chi connectivity index (χ3n) is 5.03. The molecule has 0 unspecified atom stereocenters. The first-order valence-corrected chi connectivity index (χ1v) is 10.5. The molecule has 1 saturated heterocycles. The smallest absolute Gasteiger partial charge is 0.220 e. The minimum Gasteiger partial charge on any atom is -0.508 e. The Kier molecular flexibility index (Phi) is 7.89. The number of ether oxygens (including phenoxy) is 1. The zero-order valence-electron chi connectivity index (χ0n) is 15.9. The Morgan fingerprint density at radius 2 is 1.93 bits per heavy atom. The van der Waals surface area contributed by atoms with Crippen molar-refractivity contribution in [3.63, 3.8) is 0 Å². The van der Waals surface area contributed by atoms with Gasteiger partial charge >= 0.3 is 0 Å². The summed E-state index contributed by atoms with van der Waals surface area (Å²) in [6.07, 6.45) is 1.22. The number of phenolic OH excluding ortho intramolecular Hbond substituents is 1. The lowest BCUT2D eigenvalue weighted by Crippen LogP contribution is -2.38. The van der Waals surface area contributed by atoms with Crippen LogP contribution in [0.1, 0.15) is 29.9 Å². The monoisotopic (exact) mass is 446 g/mol. The van der Waals surface area contributed by atoms with Crippen molar-refractivity contribution < 1.29 is 14.6 Å². The van der Waals surface area contributed by atoms with E-state index in [1.54, 1.807) is 12.1 Å². The molecule has 3 rings (SSSR count). The van der Waals surface area contributed by atoms with Gasteiger partial charge < -0.3 is 15.2 Å². The SMILES string of the molecule is O=C(C[C@H](c1ccccc1)c1cc(Br)ccc1O)NCCCN1CCOCC1. The number of amides is 1. The summed E-state index contributed by atoms with van der Waals surface area (Å²) in [4.78, 5) is 15.0. The highest BCUT2D eigenvalue weighted by Gasteiger charge is 2.21. The van der Waals surface area contributed by atoms with Gasteiger partial charge in [-0.3, -0.25) is 9.69 Å². The second-order valence-corrected chi connectivity index (χ2v) is 7.94. The number of phenols is 1. The van der Waals surface area contributed by atoms with Crippen molar-refractivity contribution in [1.82, 2.24) is 10.2 Å². The predicted octanol–water partition coefficient (Wildman–Crippen LogP) is 3.52. The highest BCUT2D eigenvalue weighted by molar-refractivity contribution is 9.10. The highest BCUT2D eigenvalue weighted by Crippen LogP contribution is 2.35. The number of hydrogen-bond acceptors (Lipinski definition) is 4. The zero-order valence-corrected chi connectivity index (χ0v) is 17.5. The normalized spacial score (nSPS) is 15.9.